The Morgan fingerprint density at radius 3 is 2.38 bits per heavy atom. The van der Waals surface area contributed by atoms with Crippen molar-refractivity contribution in [3.8, 4) is 0 Å². The molecule has 0 heterocycles. The largest absolute Gasteiger partial charge is 0.301 e. The topological polar surface area (TPSA) is 81.1 Å². The molecule has 5 N–H and O–H groups in total. The first-order valence-electron chi connectivity index (χ1n) is 3.63. The summed E-state index contributed by atoms with van der Waals surface area (Å²) in [5.41, 5.74) is 7.97. The quantitative estimate of drug-likeness (QED) is 0.207. The Labute approximate surface area is 80.8 Å². The van der Waals surface area contributed by atoms with Crippen LogP contribution in [0, 0.1) is 0 Å². The van der Waals surface area contributed by atoms with Crippen LogP contribution in [0.5, 0.6) is 0 Å². The van der Waals surface area contributed by atoms with E-state index >= 15 is 0 Å². The molecule has 0 saturated heterocycles. The van der Waals surface area contributed by atoms with E-state index in [2.05, 4.69) is 0 Å². The van der Waals surface area contributed by atoms with Crippen molar-refractivity contribution in [1.29, 1.82) is 0 Å². The van der Waals surface area contributed by atoms with Crippen LogP contribution in [-0.4, -0.2) is 5.91 Å². The van der Waals surface area contributed by atoms with Gasteiger partial charge in [-0.2, -0.15) is 0 Å². The van der Waals surface area contributed by atoms with Gasteiger partial charge in [0.1, 0.15) is 0 Å². The highest BCUT2D eigenvalue weighted by atomic mass is 35.5. The number of nitrogens with one attached hydrogen (secondary N) is 1. The average molecular weight is 200 g/mol. The van der Waals surface area contributed by atoms with Gasteiger partial charge in [0.2, 0.25) is 0 Å². The van der Waals surface area contributed by atoms with Crippen LogP contribution in [0.3, 0.4) is 0 Å². The second-order valence-electron chi connectivity index (χ2n) is 2.55. The highest BCUT2D eigenvalue weighted by Gasteiger charge is 2.32. The molecule has 4 nitrogen and oxygen atoms in total. The van der Waals surface area contributed by atoms with E-state index in [4.69, 9.17) is 23.2 Å². The zero-order valence-electron chi connectivity index (χ0n) is 6.83. The lowest BCUT2D eigenvalue weighted by molar-refractivity contribution is -0.123. The van der Waals surface area contributed by atoms with E-state index in [0.717, 1.165) is 0 Å². The first kappa shape index (κ1) is 9.98. The normalized spacial score (nSPS) is 14.7. The molecular weight excluding hydrogens is 190 g/mol. The van der Waals surface area contributed by atoms with E-state index in [0.29, 0.717) is 5.56 Å². The van der Waals surface area contributed by atoms with Gasteiger partial charge in [-0.15, -0.1) is 0 Å². The Balaban J connectivity index is 3.00. The van der Waals surface area contributed by atoms with Crippen LogP contribution in [-0.2, 0) is 9.79 Å². The molecule has 0 aromatic heterocycles. The molecule has 70 valence electrons. The molecule has 0 radical (unpaired) electrons. The highest BCUT2D eigenvalue weighted by molar-refractivity contribution is 6.34. The van der Waals surface area contributed by atoms with Gasteiger partial charge in [0, 0.05) is 0 Å². The summed E-state index contributed by atoms with van der Waals surface area (Å²) in [6, 6.07) is 8.59. The number of nitrogens with two attached hydrogens (primary N) is 2. The van der Waals surface area contributed by atoms with Gasteiger partial charge < -0.3 is 5.73 Å². The molecule has 1 atom stereocenters. The van der Waals surface area contributed by atoms with Crippen molar-refractivity contribution in [3.05, 3.63) is 35.9 Å². The van der Waals surface area contributed by atoms with Crippen molar-refractivity contribution < 1.29 is 4.79 Å². The fourth-order valence-electron chi connectivity index (χ4n) is 0.917. The number of hydrogen-bond donors (Lipinski definition) is 3. The molecule has 0 aliphatic carbocycles. The van der Waals surface area contributed by atoms with Gasteiger partial charge in [0.25, 0.3) is 5.91 Å². The maximum absolute atomic E-state index is 11.1. The second kappa shape index (κ2) is 3.74. The molecule has 1 unspecified atom stereocenters. The van der Waals surface area contributed by atoms with Crippen LogP contribution < -0.4 is 17.0 Å². The van der Waals surface area contributed by atoms with Gasteiger partial charge in [-0.25, -0.2) is 5.84 Å². The molecule has 1 aromatic carbocycles. The number of carbonyl (C=O) groups is 1. The molecule has 1 rings (SSSR count). The van der Waals surface area contributed by atoms with Crippen molar-refractivity contribution in [2.75, 3.05) is 0 Å². The third kappa shape index (κ3) is 1.98. The van der Waals surface area contributed by atoms with Gasteiger partial charge >= 0.3 is 0 Å². The number of halogens is 1. The maximum Gasteiger partial charge on any atom is 0.274 e. The summed E-state index contributed by atoms with van der Waals surface area (Å²) in [5.74, 6) is 4.29. The van der Waals surface area contributed by atoms with Crippen molar-refractivity contribution in [2.45, 2.75) is 5.00 Å². The lowest BCUT2D eigenvalue weighted by Crippen LogP contribution is -2.49. The minimum absolute atomic E-state index is 0.500. The predicted octanol–water partition coefficient (Wildman–Crippen LogP) is 0.0268. The molecule has 0 saturated carbocycles. The molecule has 1 aromatic rings. The van der Waals surface area contributed by atoms with Gasteiger partial charge in [0.05, 0.1) is 0 Å². The standard InChI is InChI=1S/C8H10ClN3O/c9-8(10,7(13)12-11)6-4-2-1-3-5-6/h1-5H,10-11H2,(H,12,13). The van der Waals surface area contributed by atoms with Crippen molar-refractivity contribution in [1.82, 2.24) is 5.43 Å². The van der Waals surface area contributed by atoms with Crippen LogP contribution in [0.15, 0.2) is 30.3 Å². The minimum Gasteiger partial charge on any atom is -0.301 e. The Morgan fingerprint density at radius 2 is 1.92 bits per heavy atom. The van der Waals surface area contributed by atoms with Gasteiger partial charge in [0.15, 0.2) is 5.00 Å². The minimum atomic E-state index is -1.60. The molecule has 1 amide bonds. The maximum atomic E-state index is 11.1. The highest BCUT2D eigenvalue weighted by Crippen LogP contribution is 2.22. The molecule has 0 spiro atoms. The molecule has 0 fully saturated rings. The number of carbonyl (C=O) groups excluding carboxylic acids is 1. The molecule has 0 aliphatic rings. The lowest BCUT2D eigenvalue weighted by Gasteiger charge is -2.19. The molecular formula is C8H10ClN3O. The average Bonchev–Trinajstić information content (AvgIpc) is 2.18. The number of benzene rings is 1. The first-order valence-corrected chi connectivity index (χ1v) is 4.01. The van der Waals surface area contributed by atoms with E-state index in [9.17, 15) is 4.79 Å². The van der Waals surface area contributed by atoms with E-state index < -0.39 is 10.9 Å². The molecule has 0 bridgehead atoms. The fraction of sp³-hybridized carbons (Fsp3) is 0.125. The Morgan fingerprint density at radius 1 is 1.38 bits per heavy atom. The summed E-state index contributed by atoms with van der Waals surface area (Å²) < 4.78 is 0. The van der Waals surface area contributed by atoms with Gasteiger partial charge in [-0.1, -0.05) is 41.9 Å². The third-order valence-corrected chi connectivity index (χ3v) is 2.05. The second-order valence-corrected chi connectivity index (χ2v) is 3.15. The zero-order valence-corrected chi connectivity index (χ0v) is 7.58. The van der Waals surface area contributed by atoms with E-state index in [-0.39, 0.29) is 0 Å². The third-order valence-electron chi connectivity index (χ3n) is 1.66. The fourth-order valence-corrected chi connectivity index (χ4v) is 1.10. The van der Waals surface area contributed by atoms with Gasteiger partial charge in [-0.3, -0.25) is 10.2 Å². The monoisotopic (exact) mass is 199 g/mol. The number of alkyl halides is 1. The van der Waals surface area contributed by atoms with Crippen LogP contribution in [0.25, 0.3) is 0 Å². The summed E-state index contributed by atoms with van der Waals surface area (Å²) in [4.78, 5) is 9.54. The SMILES string of the molecule is NNC(=O)C(N)(Cl)c1ccccc1. The number of amides is 1. The van der Waals surface area contributed by atoms with Crippen LogP contribution in [0.1, 0.15) is 5.56 Å². The van der Waals surface area contributed by atoms with Crippen LogP contribution >= 0.6 is 11.6 Å². The van der Waals surface area contributed by atoms with Crippen molar-refractivity contribution in [2.24, 2.45) is 11.6 Å². The van der Waals surface area contributed by atoms with E-state index in [1.807, 2.05) is 5.43 Å². The van der Waals surface area contributed by atoms with E-state index in [1.165, 1.54) is 0 Å². The zero-order chi connectivity index (χ0) is 9.90. The van der Waals surface area contributed by atoms with Gasteiger partial charge in [-0.05, 0) is 5.56 Å². The first-order chi connectivity index (χ1) is 6.09. The number of hydrazine groups is 1. The molecule has 0 aliphatic heterocycles. The van der Waals surface area contributed by atoms with Crippen molar-refractivity contribution in [3.63, 3.8) is 0 Å². The summed E-state index contributed by atoms with van der Waals surface area (Å²) in [6.45, 7) is 0. The molecule has 5 heteroatoms. The lowest BCUT2D eigenvalue weighted by atomic mass is 10.1. The summed E-state index contributed by atoms with van der Waals surface area (Å²) >= 11 is 5.80. The number of rotatable bonds is 2. The Hall–Kier alpha value is -1.10. The summed E-state index contributed by atoms with van der Waals surface area (Å²) in [6.07, 6.45) is 0. The van der Waals surface area contributed by atoms with Crippen LogP contribution in [0.2, 0.25) is 0 Å². The smallest absolute Gasteiger partial charge is 0.274 e. The summed E-state index contributed by atoms with van der Waals surface area (Å²) in [7, 11) is 0. The Bertz CT molecular complexity index is 300. The predicted molar refractivity (Wildman–Crippen MR) is 50.5 cm³/mol. The number of hydrogen-bond acceptors (Lipinski definition) is 3. The molecule has 13 heavy (non-hydrogen) atoms. The Kier molecular flexibility index (Phi) is 2.87. The van der Waals surface area contributed by atoms with Crippen LogP contribution in [0.4, 0.5) is 0 Å². The summed E-state index contributed by atoms with van der Waals surface area (Å²) in [5, 5.41) is 0. The van der Waals surface area contributed by atoms with E-state index in [1.54, 1.807) is 30.3 Å². The van der Waals surface area contributed by atoms with Crippen molar-refractivity contribution >= 4 is 17.5 Å².